The van der Waals surface area contributed by atoms with Crippen molar-refractivity contribution in [2.45, 2.75) is 19.5 Å². The molecule has 1 saturated heterocycles. The fourth-order valence-electron chi connectivity index (χ4n) is 2.12. The zero-order valence-electron chi connectivity index (χ0n) is 10.9. The maximum atomic E-state index is 12.0. The summed E-state index contributed by atoms with van der Waals surface area (Å²) in [5.41, 5.74) is 0.931. The predicted octanol–water partition coefficient (Wildman–Crippen LogP) is 1.07. The van der Waals surface area contributed by atoms with Crippen LogP contribution in [-0.2, 0) is 16.1 Å². The van der Waals surface area contributed by atoms with Crippen molar-refractivity contribution in [3.05, 3.63) is 29.0 Å². The van der Waals surface area contributed by atoms with Crippen molar-refractivity contribution in [3.8, 4) is 0 Å². The number of carbonyl (C=O) groups is 1. The highest BCUT2D eigenvalue weighted by Gasteiger charge is 2.29. The molecule has 104 valence electrons. The van der Waals surface area contributed by atoms with E-state index < -0.39 is 0 Å². The summed E-state index contributed by atoms with van der Waals surface area (Å²) in [6.07, 6.45) is 1.66. The third-order valence-corrected chi connectivity index (χ3v) is 3.44. The van der Waals surface area contributed by atoms with Gasteiger partial charge in [-0.25, -0.2) is 4.98 Å². The molecule has 0 saturated carbocycles. The minimum Gasteiger partial charge on any atom is -0.378 e. The Balaban J connectivity index is 2.07. The molecule has 6 heteroatoms. The molecule has 1 aliphatic rings. The topological polar surface area (TPSA) is 54.5 Å². The summed E-state index contributed by atoms with van der Waals surface area (Å²) < 4.78 is 5.40. The van der Waals surface area contributed by atoms with Gasteiger partial charge in [-0.3, -0.25) is 9.69 Å². The van der Waals surface area contributed by atoms with Crippen molar-refractivity contribution in [2.24, 2.45) is 0 Å². The molecule has 1 unspecified atom stereocenters. The maximum Gasteiger partial charge on any atom is 0.239 e. The second-order valence-electron chi connectivity index (χ2n) is 4.41. The van der Waals surface area contributed by atoms with Crippen molar-refractivity contribution in [1.29, 1.82) is 0 Å². The maximum absolute atomic E-state index is 12.0. The fraction of sp³-hybridized carbons (Fsp3) is 0.538. The van der Waals surface area contributed by atoms with E-state index in [0.717, 1.165) is 5.56 Å². The molecule has 2 rings (SSSR count). The smallest absolute Gasteiger partial charge is 0.239 e. The zero-order valence-corrected chi connectivity index (χ0v) is 11.7. The number of likely N-dealkylation sites (N-methyl/N-ethyl adjacent to an activating group) is 1. The number of hydrogen-bond donors (Lipinski definition) is 1. The average Bonchev–Trinajstić information content (AvgIpc) is 2.42. The molecule has 0 aliphatic carbocycles. The summed E-state index contributed by atoms with van der Waals surface area (Å²) in [5, 5.41) is 3.33. The van der Waals surface area contributed by atoms with Crippen LogP contribution in [0.1, 0.15) is 12.5 Å². The summed E-state index contributed by atoms with van der Waals surface area (Å²) in [6, 6.07) is 3.52. The molecule has 0 aromatic carbocycles. The van der Waals surface area contributed by atoms with Crippen molar-refractivity contribution in [3.63, 3.8) is 0 Å². The van der Waals surface area contributed by atoms with Crippen LogP contribution < -0.4 is 5.32 Å². The van der Waals surface area contributed by atoms with Crippen LogP contribution in [0, 0.1) is 0 Å². The number of ether oxygens (including phenoxy) is 1. The number of carbonyl (C=O) groups excluding carboxylic acids is 1. The largest absolute Gasteiger partial charge is 0.378 e. The van der Waals surface area contributed by atoms with Gasteiger partial charge in [0.15, 0.2) is 0 Å². The molecule has 1 aromatic heterocycles. The summed E-state index contributed by atoms with van der Waals surface area (Å²) in [4.78, 5) is 18.1. The van der Waals surface area contributed by atoms with E-state index in [1.54, 1.807) is 6.20 Å². The van der Waals surface area contributed by atoms with Gasteiger partial charge >= 0.3 is 0 Å². The van der Waals surface area contributed by atoms with Gasteiger partial charge in [0.2, 0.25) is 5.91 Å². The van der Waals surface area contributed by atoms with Gasteiger partial charge < -0.3 is 10.1 Å². The quantitative estimate of drug-likeness (QED) is 0.840. The number of morpholine rings is 1. The lowest BCUT2D eigenvalue weighted by Crippen LogP contribution is -2.53. The van der Waals surface area contributed by atoms with E-state index in [1.807, 2.05) is 19.1 Å². The number of amides is 1. The van der Waals surface area contributed by atoms with Gasteiger partial charge in [-0.15, -0.1) is 0 Å². The molecule has 1 N–H and O–H groups in total. The lowest BCUT2D eigenvalue weighted by molar-refractivity contribution is -0.132. The lowest BCUT2D eigenvalue weighted by Gasteiger charge is -2.34. The Labute approximate surface area is 117 Å². The normalized spacial score (nSPS) is 20.2. The summed E-state index contributed by atoms with van der Waals surface area (Å²) in [6.45, 7) is 4.91. The van der Waals surface area contributed by atoms with Crippen molar-refractivity contribution in [1.82, 2.24) is 15.2 Å². The van der Waals surface area contributed by atoms with E-state index in [2.05, 4.69) is 15.2 Å². The molecular weight excluding hydrogens is 266 g/mol. The van der Waals surface area contributed by atoms with Crippen LogP contribution in [0.2, 0.25) is 5.15 Å². The van der Waals surface area contributed by atoms with Crippen LogP contribution in [0.15, 0.2) is 18.3 Å². The van der Waals surface area contributed by atoms with Gasteiger partial charge in [0.1, 0.15) is 11.2 Å². The highest BCUT2D eigenvalue weighted by molar-refractivity contribution is 6.30. The second kappa shape index (κ2) is 6.84. The van der Waals surface area contributed by atoms with Crippen LogP contribution >= 0.6 is 11.6 Å². The molecule has 0 radical (unpaired) electrons. The molecule has 0 bridgehead atoms. The Hall–Kier alpha value is -1.17. The number of hydrogen-bond acceptors (Lipinski definition) is 4. The van der Waals surface area contributed by atoms with Crippen molar-refractivity contribution in [2.75, 3.05) is 26.3 Å². The monoisotopic (exact) mass is 283 g/mol. The van der Waals surface area contributed by atoms with Gasteiger partial charge in [-0.2, -0.15) is 0 Å². The first kappa shape index (κ1) is 14.2. The lowest BCUT2D eigenvalue weighted by atomic mass is 10.1. The fourth-order valence-corrected chi connectivity index (χ4v) is 2.30. The highest BCUT2D eigenvalue weighted by atomic mass is 35.5. The van der Waals surface area contributed by atoms with Crippen LogP contribution in [0.25, 0.3) is 0 Å². The number of halogens is 1. The minimum absolute atomic E-state index is 0.00205. The second-order valence-corrected chi connectivity index (χ2v) is 4.77. The number of rotatable bonds is 4. The Morgan fingerprint density at radius 2 is 2.53 bits per heavy atom. The molecule has 2 heterocycles. The van der Waals surface area contributed by atoms with E-state index in [4.69, 9.17) is 16.3 Å². The van der Waals surface area contributed by atoms with E-state index >= 15 is 0 Å². The first-order chi connectivity index (χ1) is 9.22. The van der Waals surface area contributed by atoms with Gasteiger partial charge in [0.25, 0.3) is 0 Å². The summed E-state index contributed by atoms with van der Waals surface area (Å²) >= 11 is 6.06. The van der Waals surface area contributed by atoms with Crippen LogP contribution in [-0.4, -0.2) is 48.1 Å². The third-order valence-electron chi connectivity index (χ3n) is 3.10. The number of nitrogens with zero attached hydrogens (tertiary/aromatic N) is 2. The van der Waals surface area contributed by atoms with Crippen LogP contribution in [0.4, 0.5) is 0 Å². The first-order valence-corrected chi connectivity index (χ1v) is 6.79. The molecule has 1 aliphatic heterocycles. The van der Waals surface area contributed by atoms with Gasteiger partial charge in [0.05, 0.1) is 13.2 Å². The molecular formula is C13H18ClN3O2. The molecule has 1 atom stereocenters. The molecule has 19 heavy (non-hydrogen) atoms. The van der Waals surface area contributed by atoms with Crippen molar-refractivity contribution >= 4 is 17.5 Å². The average molecular weight is 284 g/mol. The van der Waals surface area contributed by atoms with Gasteiger partial charge in [-0.1, -0.05) is 17.7 Å². The van der Waals surface area contributed by atoms with Gasteiger partial charge in [-0.05, 0) is 13.0 Å². The van der Waals surface area contributed by atoms with E-state index in [9.17, 15) is 4.79 Å². The standard InChI is InChI=1S/C13H18ClN3O2/c1-2-15-13(18)11-9-19-7-6-17(11)8-10-4-3-5-16-12(10)14/h3-5,11H,2,6-9H2,1H3,(H,15,18). The Bertz CT molecular complexity index is 442. The summed E-state index contributed by atoms with van der Waals surface area (Å²) in [5.74, 6) is 0.00205. The van der Waals surface area contributed by atoms with Gasteiger partial charge in [0, 0.05) is 31.4 Å². The number of pyridine rings is 1. The number of nitrogens with one attached hydrogen (secondary N) is 1. The Morgan fingerprint density at radius 3 is 3.26 bits per heavy atom. The van der Waals surface area contributed by atoms with E-state index in [1.165, 1.54) is 0 Å². The molecule has 1 amide bonds. The summed E-state index contributed by atoms with van der Waals surface area (Å²) in [7, 11) is 0. The van der Waals surface area contributed by atoms with Crippen molar-refractivity contribution < 1.29 is 9.53 Å². The first-order valence-electron chi connectivity index (χ1n) is 6.41. The predicted molar refractivity (Wildman–Crippen MR) is 72.9 cm³/mol. The SMILES string of the molecule is CCNC(=O)C1COCCN1Cc1cccnc1Cl. The van der Waals surface area contributed by atoms with Crippen LogP contribution in [0.5, 0.6) is 0 Å². The number of aromatic nitrogens is 1. The zero-order chi connectivity index (χ0) is 13.7. The molecule has 1 aromatic rings. The molecule has 0 spiro atoms. The van der Waals surface area contributed by atoms with Crippen LogP contribution in [0.3, 0.4) is 0 Å². The highest BCUT2D eigenvalue weighted by Crippen LogP contribution is 2.17. The Morgan fingerprint density at radius 1 is 1.68 bits per heavy atom. The third kappa shape index (κ3) is 3.65. The molecule has 1 fully saturated rings. The minimum atomic E-state index is -0.259. The van der Waals surface area contributed by atoms with E-state index in [0.29, 0.717) is 38.0 Å². The Kier molecular flexibility index (Phi) is 5.13. The molecule has 5 nitrogen and oxygen atoms in total. The van der Waals surface area contributed by atoms with E-state index in [-0.39, 0.29) is 11.9 Å².